The van der Waals surface area contributed by atoms with Crippen LogP contribution in [0.2, 0.25) is 0 Å². The first-order valence-electron chi connectivity index (χ1n) is 7.21. The molecule has 0 N–H and O–H groups in total. The van der Waals surface area contributed by atoms with E-state index in [9.17, 15) is 0 Å². The van der Waals surface area contributed by atoms with E-state index in [-0.39, 0.29) is 0 Å². The summed E-state index contributed by atoms with van der Waals surface area (Å²) in [5.41, 5.74) is 0.902. The van der Waals surface area contributed by atoms with Gasteiger partial charge in [-0.15, -0.1) is 10.2 Å². The molecule has 22 heavy (non-hydrogen) atoms. The van der Waals surface area contributed by atoms with Gasteiger partial charge in [0.2, 0.25) is 4.96 Å². The second kappa shape index (κ2) is 6.31. The third-order valence-corrected chi connectivity index (χ3v) is 4.37. The van der Waals surface area contributed by atoms with Gasteiger partial charge in [-0.2, -0.15) is 9.61 Å². The number of methoxy groups -OCH3 is 2. The van der Waals surface area contributed by atoms with Crippen LogP contribution in [0.15, 0.2) is 18.2 Å². The number of rotatable bonds is 6. The van der Waals surface area contributed by atoms with Crippen LogP contribution in [-0.2, 0) is 6.42 Å². The standard InChI is InChI=1S/C15H18N4O2S/c1-4-5-9-12-16-17-15-19(12)18-14(22-15)10-7-6-8-11(20-2)13(10)21-3/h6-8H,4-5,9H2,1-3H3. The highest BCUT2D eigenvalue weighted by molar-refractivity contribution is 7.19. The average molecular weight is 318 g/mol. The Morgan fingerprint density at radius 3 is 2.77 bits per heavy atom. The Bertz CT molecular complexity index is 781. The fraction of sp³-hybridized carbons (Fsp3) is 0.400. The van der Waals surface area contributed by atoms with E-state index < -0.39 is 0 Å². The third kappa shape index (κ3) is 2.52. The van der Waals surface area contributed by atoms with Crippen molar-refractivity contribution in [1.29, 1.82) is 0 Å². The van der Waals surface area contributed by atoms with Crippen LogP contribution in [0.4, 0.5) is 0 Å². The summed E-state index contributed by atoms with van der Waals surface area (Å²) in [7, 11) is 3.26. The van der Waals surface area contributed by atoms with Crippen molar-refractivity contribution in [3.05, 3.63) is 24.0 Å². The van der Waals surface area contributed by atoms with Gasteiger partial charge in [-0.25, -0.2) is 0 Å². The maximum absolute atomic E-state index is 5.49. The number of hydrogen-bond acceptors (Lipinski definition) is 6. The summed E-state index contributed by atoms with van der Waals surface area (Å²) in [4.78, 5) is 0.797. The summed E-state index contributed by atoms with van der Waals surface area (Å²) >= 11 is 1.50. The molecule has 0 unspecified atom stereocenters. The van der Waals surface area contributed by atoms with Crippen LogP contribution in [0.1, 0.15) is 25.6 Å². The van der Waals surface area contributed by atoms with E-state index in [1.54, 1.807) is 14.2 Å². The number of para-hydroxylation sites is 1. The lowest BCUT2D eigenvalue weighted by Crippen LogP contribution is -1.97. The smallest absolute Gasteiger partial charge is 0.234 e. The molecule has 0 bridgehead atoms. The van der Waals surface area contributed by atoms with Gasteiger partial charge in [-0.3, -0.25) is 0 Å². The lowest BCUT2D eigenvalue weighted by atomic mass is 10.2. The van der Waals surface area contributed by atoms with Crippen molar-refractivity contribution in [2.75, 3.05) is 14.2 Å². The van der Waals surface area contributed by atoms with Gasteiger partial charge in [0.25, 0.3) is 0 Å². The van der Waals surface area contributed by atoms with Gasteiger partial charge in [0.05, 0.1) is 19.8 Å². The number of aromatic nitrogens is 4. The van der Waals surface area contributed by atoms with E-state index in [1.165, 1.54) is 11.3 Å². The van der Waals surface area contributed by atoms with Gasteiger partial charge in [0.1, 0.15) is 0 Å². The minimum atomic E-state index is 0.685. The predicted octanol–water partition coefficient (Wildman–Crippen LogP) is 3.21. The molecule has 116 valence electrons. The van der Waals surface area contributed by atoms with Crippen molar-refractivity contribution >= 4 is 16.3 Å². The quantitative estimate of drug-likeness (QED) is 0.698. The Balaban J connectivity index is 2.05. The minimum Gasteiger partial charge on any atom is -0.493 e. The Hall–Kier alpha value is -2.15. The molecule has 0 fully saturated rings. The van der Waals surface area contributed by atoms with Gasteiger partial charge in [0.15, 0.2) is 22.3 Å². The highest BCUT2D eigenvalue weighted by Gasteiger charge is 2.17. The van der Waals surface area contributed by atoms with Crippen LogP contribution < -0.4 is 9.47 Å². The lowest BCUT2D eigenvalue weighted by molar-refractivity contribution is 0.356. The van der Waals surface area contributed by atoms with Crippen molar-refractivity contribution in [3.63, 3.8) is 0 Å². The van der Waals surface area contributed by atoms with Gasteiger partial charge in [-0.05, 0) is 18.6 Å². The molecule has 0 aliphatic heterocycles. The molecule has 0 aliphatic carbocycles. The number of ether oxygens (including phenoxy) is 2. The average Bonchev–Trinajstić information content (AvgIpc) is 3.12. The molecule has 0 radical (unpaired) electrons. The van der Waals surface area contributed by atoms with E-state index in [2.05, 4.69) is 22.2 Å². The number of nitrogens with zero attached hydrogens (tertiary/aromatic N) is 4. The predicted molar refractivity (Wildman–Crippen MR) is 85.8 cm³/mol. The summed E-state index contributed by atoms with van der Waals surface area (Å²) in [5.74, 6) is 2.28. The maximum atomic E-state index is 5.49. The molecule has 0 saturated heterocycles. The van der Waals surface area contributed by atoms with E-state index in [0.29, 0.717) is 11.5 Å². The Kier molecular flexibility index (Phi) is 4.24. The first-order chi connectivity index (χ1) is 10.8. The second-order valence-corrected chi connectivity index (χ2v) is 5.82. The van der Waals surface area contributed by atoms with E-state index in [0.717, 1.165) is 40.6 Å². The van der Waals surface area contributed by atoms with Crippen LogP contribution in [-0.4, -0.2) is 34.0 Å². The number of fused-ring (bicyclic) bond motifs is 1. The Labute approximate surface area is 132 Å². The molecule has 3 aromatic rings. The van der Waals surface area contributed by atoms with Crippen LogP contribution in [0.25, 0.3) is 15.5 Å². The first-order valence-corrected chi connectivity index (χ1v) is 8.02. The first kappa shape index (κ1) is 14.8. The summed E-state index contributed by atoms with van der Waals surface area (Å²) in [6.07, 6.45) is 3.09. The fourth-order valence-corrected chi connectivity index (χ4v) is 3.19. The van der Waals surface area contributed by atoms with Crippen molar-refractivity contribution in [2.24, 2.45) is 0 Å². The SMILES string of the molecule is CCCCc1nnc2sc(-c3cccc(OC)c3OC)nn12. The molecule has 0 amide bonds. The minimum absolute atomic E-state index is 0.685. The molecule has 6 nitrogen and oxygen atoms in total. The van der Waals surface area contributed by atoms with E-state index in [4.69, 9.17) is 9.47 Å². The van der Waals surface area contributed by atoms with Gasteiger partial charge >= 0.3 is 0 Å². The van der Waals surface area contributed by atoms with E-state index in [1.807, 2.05) is 22.7 Å². The number of benzene rings is 1. The van der Waals surface area contributed by atoms with Crippen molar-refractivity contribution in [3.8, 4) is 22.1 Å². The zero-order chi connectivity index (χ0) is 15.5. The van der Waals surface area contributed by atoms with Crippen LogP contribution in [0, 0.1) is 0 Å². The number of aryl methyl sites for hydroxylation is 1. The summed E-state index contributed by atoms with van der Waals surface area (Å²) in [5, 5.41) is 13.9. The fourth-order valence-electron chi connectivity index (χ4n) is 2.31. The topological polar surface area (TPSA) is 61.5 Å². The van der Waals surface area contributed by atoms with Crippen LogP contribution >= 0.6 is 11.3 Å². The molecule has 0 atom stereocenters. The number of hydrogen-bond donors (Lipinski definition) is 0. The van der Waals surface area contributed by atoms with Crippen LogP contribution in [0.3, 0.4) is 0 Å². The maximum Gasteiger partial charge on any atom is 0.234 e. The van der Waals surface area contributed by atoms with Crippen molar-refractivity contribution < 1.29 is 9.47 Å². The van der Waals surface area contributed by atoms with E-state index >= 15 is 0 Å². The Morgan fingerprint density at radius 2 is 2.05 bits per heavy atom. The number of unbranched alkanes of at least 4 members (excludes halogenated alkanes) is 1. The lowest BCUT2D eigenvalue weighted by Gasteiger charge is -2.10. The largest absolute Gasteiger partial charge is 0.493 e. The summed E-state index contributed by atoms with van der Waals surface area (Å²) in [6, 6.07) is 5.77. The molecule has 0 aliphatic rings. The van der Waals surface area contributed by atoms with Crippen molar-refractivity contribution in [2.45, 2.75) is 26.2 Å². The Morgan fingerprint density at radius 1 is 1.18 bits per heavy atom. The molecule has 2 heterocycles. The summed E-state index contributed by atoms with van der Waals surface area (Å²) < 4.78 is 12.7. The monoisotopic (exact) mass is 318 g/mol. The molecule has 7 heteroatoms. The molecular weight excluding hydrogens is 300 g/mol. The van der Waals surface area contributed by atoms with Crippen molar-refractivity contribution in [1.82, 2.24) is 19.8 Å². The highest BCUT2D eigenvalue weighted by atomic mass is 32.1. The zero-order valence-corrected chi connectivity index (χ0v) is 13.7. The van der Waals surface area contributed by atoms with Crippen LogP contribution in [0.5, 0.6) is 11.5 Å². The molecule has 1 aromatic carbocycles. The molecule has 3 rings (SSSR count). The molecule has 0 saturated carbocycles. The van der Waals surface area contributed by atoms with Gasteiger partial charge in [-0.1, -0.05) is 30.7 Å². The molecular formula is C15H18N4O2S. The molecule has 2 aromatic heterocycles. The highest BCUT2D eigenvalue weighted by Crippen LogP contribution is 2.39. The van der Waals surface area contributed by atoms with Gasteiger partial charge in [0, 0.05) is 6.42 Å². The second-order valence-electron chi connectivity index (χ2n) is 4.86. The summed E-state index contributed by atoms with van der Waals surface area (Å²) in [6.45, 7) is 2.16. The van der Waals surface area contributed by atoms with Gasteiger partial charge < -0.3 is 9.47 Å². The third-order valence-electron chi connectivity index (χ3n) is 3.44. The zero-order valence-electron chi connectivity index (χ0n) is 12.9. The molecule has 0 spiro atoms. The normalized spacial score (nSPS) is 11.0.